The summed E-state index contributed by atoms with van der Waals surface area (Å²) in [7, 11) is 0. The van der Waals surface area contributed by atoms with E-state index in [1.807, 2.05) is 18.2 Å². The highest BCUT2D eigenvalue weighted by Gasteiger charge is 2.10. The number of piperidine rings is 1. The number of rotatable bonds is 5. The maximum Gasteiger partial charge on any atom is 0.124 e. The van der Waals surface area contributed by atoms with Crippen molar-refractivity contribution in [3.63, 3.8) is 0 Å². The molecule has 1 aromatic carbocycles. The van der Waals surface area contributed by atoms with Crippen LogP contribution >= 0.6 is 15.9 Å². The first kappa shape index (κ1) is 13.8. The molecule has 3 nitrogen and oxygen atoms in total. The molecule has 1 aromatic rings. The lowest BCUT2D eigenvalue weighted by atomic mass is 10.1. The third-order valence-corrected chi connectivity index (χ3v) is 3.80. The number of hydrogen-bond donors (Lipinski definition) is 1. The summed E-state index contributed by atoms with van der Waals surface area (Å²) < 4.78 is 6.73. The first-order valence-corrected chi connectivity index (χ1v) is 7.33. The Bertz CT molecular complexity index is 378. The van der Waals surface area contributed by atoms with Crippen molar-refractivity contribution in [1.82, 2.24) is 4.90 Å². The van der Waals surface area contributed by atoms with Crippen molar-refractivity contribution >= 4 is 15.9 Å². The van der Waals surface area contributed by atoms with E-state index < -0.39 is 0 Å². The largest absolute Gasteiger partial charge is 0.492 e. The SMILES string of the molecule is OCc1cc(Br)ccc1OCCN1CCCCC1. The highest BCUT2D eigenvalue weighted by atomic mass is 79.9. The molecule has 4 heteroatoms. The Morgan fingerprint density at radius 3 is 2.72 bits per heavy atom. The van der Waals surface area contributed by atoms with E-state index >= 15 is 0 Å². The molecule has 0 bridgehead atoms. The maximum absolute atomic E-state index is 9.28. The molecular formula is C14H20BrNO2. The molecule has 1 aliphatic heterocycles. The van der Waals surface area contributed by atoms with Crippen molar-refractivity contribution in [2.45, 2.75) is 25.9 Å². The summed E-state index contributed by atoms with van der Waals surface area (Å²) in [5.41, 5.74) is 0.836. The molecule has 18 heavy (non-hydrogen) atoms. The van der Waals surface area contributed by atoms with Gasteiger partial charge in [-0.2, -0.15) is 0 Å². The summed E-state index contributed by atoms with van der Waals surface area (Å²) in [6.45, 7) is 4.06. The molecule has 1 heterocycles. The maximum atomic E-state index is 9.28. The average molecular weight is 314 g/mol. The summed E-state index contributed by atoms with van der Waals surface area (Å²) in [5, 5.41) is 9.28. The smallest absolute Gasteiger partial charge is 0.124 e. The molecule has 0 aromatic heterocycles. The molecule has 0 radical (unpaired) electrons. The second-order valence-corrected chi connectivity index (χ2v) is 5.58. The number of benzene rings is 1. The lowest BCUT2D eigenvalue weighted by Crippen LogP contribution is -2.33. The van der Waals surface area contributed by atoms with Crippen LogP contribution in [0.25, 0.3) is 0 Å². The summed E-state index contributed by atoms with van der Waals surface area (Å²) in [6, 6.07) is 5.75. The number of ether oxygens (including phenoxy) is 1. The third-order valence-electron chi connectivity index (χ3n) is 3.31. The molecule has 0 atom stereocenters. The summed E-state index contributed by atoms with van der Waals surface area (Å²) in [4.78, 5) is 2.45. The van der Waals surface area contributed by atoms with Gasteiger partial charge in [0.15, 0.2) is 0 Å². The molecule has 1 aliphatic rings. The minimum atomic E-state index is 0.0124. The number of halogens is 1. The zero-order chi connectivity index (χ0) is 12.8. The van der Waals surface area contributed by atoms with Crippen LogP contribution in [-0.2, 0) is 6.61 Å². The van der Waals surface area contributed by atoms with Gasteiger partial charge in [-0.1, -0.05) is 22.4 Å². The molecular weight excluding hydrogens is 294 g/mol. The number of nitrogens with zero attached hydrogens (tertiary/aromatic N) is 1. The van der Waals surface area contributed by atoms with Gasteiger partial charge in [-0.05, 0) is 44.1 Å². The van der Waals surface area contributed by atoms with Crippen LogP contribution < -0.4 is 4.74 Å². The van der Waals surface area contributed by atoms with Crippen molar-refractivity contribution in [3.05, 3.63) is 28.2 Å². The monoisotopic (exact) mass is 313 g/mol. The number of hydrogen-bond acceptors (Lipinski definition) is 3. The van der Waals surface area contributed by atoms with Gasteiger partial charge in [0.2, 0.25) is 0 Å². The van der Waals surface area contributed by atoms with Gasteiger partial charge < -0.3 is 9.84 Å². The molecule has 0 saturated carbocycles. The number of aliphatic hydroxyl groups is 1. The zero-order valence-electron chi connectivity index (χ0n) is 10.6. The minimum absolute atomic E-state index is 0.0124. The summed E-state index contributed by atoms with van der Waals surface area (Å²) in [6.07, 6.45) is 3.97. The first-order valence-electron chi connectivity index (χ1n) is 6.54. The van der Waals surface area contributed by atoms with E-state index in [1.165, 1.54) is 32.4 Å². The fourth-order valence-electron chi connectivity index (χ4n) is 2.28. The first-order chi connectivity index (χ1) is 8.79. The minimum Gasteiger partial charge on any atom is -0.492 e. The topological polar surface area (TPSA) is 32.7 Å². The average Bonchev–Trinajstić information content (AvgIpc) is 2.41. The van der Waals surface area contributed by atoms with Gasteiger partial charge in [0.05, 0.1) is 6.61 Å². The quantitative estimate of drug-likeness (QED) is 0.907. The Kier molecular flexibility index (Phi) is 5.47. The van der Waals surface area contributed by atoms with Gasteiger partial charge in [-0.3, -0.25) is 4.90 Å². The van der Waals surface area contributed by atoms with Gasteiger partial charge in [0.25, 0.3) is 0 Å². The van der Waals surface area contributed by atoms with E-state index in [0.717, 1.165) is 22.3 Å². The fourth-order valence-corrected chi connectivity index (χ4v) is 2.69. The van der Waals surface area contributed by atoms with Crippen LogP contribution in [0.4, 0.5) is 0 Å². The zero-order valence-corrected chi connectivity index (χ0v) is 12.2. The molecule has 1 fully saturated rings. The Morgan fingerprint density at radius 2 is 2.00 bits per heavy atom. The van der Waals surface area contributed by atoms with E-state index in [1.54, 1.807) is 0 Å². The molecule has 0 amide bonds. The normalized spacial score (nSPS) is 16.8. The van der Waals surface area contributed by atoms with Crippen LogP contribution in [0.2, 0.25) is 0 Å². The Morgan fingerprint density at radius 1 is 1.22 bits per heavy atom. The van der Waals surface area contributed by atoms with Crippen LogP contribution in [0, 0.1) is 0 Å². The van der Waals surface area contributed by atoms with Gasteiger partial charge in [0, 0.05) is 16.6 Å². The van der Waals surface area contributed by atoms with E-state index in [2.05, 4.69) is 20.8 Å². The van der Waals surface area contributed by atoms with E-state index in [4.69, 9.17) is 4.74 Å². The molecule has 1 saturated heterocycles. The van der Waals surface area contributed by atoms with Gasteiger partial charge in [-0.15, -0.1) is 0 Å². The molecule has 0 spiro atoms. The number of likely N-dealkylation sites (tertiary alicyclic amines) is 1. The molecule has 0 unspecified atom stereocenters. The second kappa shape index (κ2) is 7.12. The summed E-state index contributed by atoms with van der Waals surface area (Å²) in [5.74, 6) is 0.790. The molecule has 0 aliphatic carbocycles. The van der Waals surface area contributed by atoms with Crippen molar-refractivity contribution in [2.24, 2.45) is 0 Å². The second-order valence-electron chi connectivity index (χ2n) is 4.66. The summed E-state index contributed by atoms with van der Waals surface area (Å²) >= 11 is 3.39. The number of aliphatic hydroxyl groups excluding tert-OH is 1. The van der Waals surface area contributed by atoms with Crippen LogP contribution in [0.3, 0.4) is 0 Å². The lowest BCUT2D eigenvalue weighted by Gasteiger charge is -2.26. The third kappa shape index (κ3) is 3.97. The molecule has 1 N–H and O–H groups in total. The lowest BCUT2D eigenvalue weighted by molar-refractivity contribution is 0.180. The van der Waals surface area contributed by atoms with E-state index in [0.29, 0.717) is 6.61 Å². The van der Waals surface area contributed by atoms with Gasteiger partial charge in [-0.25, -0.2) is 0 Å². The standard InChI is InChI=1S/C14H20BrNO2/c15-13-4-5-14(12(10-13)11-17)18-9-8-16-6-2-1-3-7-16/h4-5,10,17H,1-3,6-9,11H2. The van der Waals surface area contributed by atoms with E-state index in [9.17, 15) is 5.11 Å². The predicted molar refractivity (Wildman–Crippen MR) is 75.9 cm³/mol. The highest BCUT2D eigenvalue weighted by Crippen LogP contribution is 2.23. The van der Waals surface area contributed by atoms with Gasteiger partial charge >= 0.3 is 0 Å². The Labute approximate surface area is 117 Å². The Hall–Kier alpha value is -0.580. The van der Waals surface area contributed by atoms with Crippen LogP contribution in [0.15, 0.2) is 22.7 Å². The van der Waals surface area contributed by atoms with Crippen LogP contribution in [-0.4, -0.2) is 36.2 Å². The fraction of sp³-hybridized carbons (Fsp3) is 0.571. The van der Waals surface area contributed by atoms with E-state index in [-0.39, 0.29) is 6.61 Å². The van der Waals surface area contributed by atoms with Crippen LogP contribution in [0.1, 0.15) is 24.8 Å². The Balaban J connectivity index is 1.82. The molecule has 2 rings (SSSR count). The predicted octanol–water partition coefficient (Wildman–Crippen LogP) is 2.81. The van der Waals surface area contributed by atoms with Crippen molar-refractivity contribution in [1.29, 1.82) is 0 Å². The highest BCUT2D eigenvalue weighted by molar-refractivity contribution is 9.10. The van der Waals surface area contributed by atoms with Crippen molar-refractivity contribution < 1.29 is 9.84 Å². The van der Waals surface area contributed by atoms with Gasteiger partial charge in [0.1, 0.15) is 12.4 Å². The van der Waals surface area contributed by atoms with Crippen molar-refractivity contribution in [2.75, 3.05) is 26.2 Å². The molecule has 100 valence electrons. The van der Waals surface area contributed by atoms with Crippen molar-refractivity contribution in [3.8, 4) is 5.75 Å². The van der Waals surface area contributed by atoms with Crippen LogP contribution in [0.5, 0.6) is 5.75 Å².